The molecule has 6 heteroatoms. The molecule has 0 aromatic heterocycles. The zero-order chi connectivity index (χ0) is 19.3. The molecule has 0 unspecified atom stereocenters. The Morgan fingerprint density at radius 2 is 1.77 bits per heavy atom. The van der Waals surface area contributed by atoms with E-state index in [0.29, 0.717) is 32.6 Å². The van der Waals surface area contributed by atoms with Crippen molar-refractivity contribution in [1.82, 2.24) is 15.1 Å². The first kappa shape index (κ1) is 20.1. The Labute approximate surface area is 156 Å². The summed E-state index contributed by atoms with van der Waals surface area (Å²) in [6, 6.07) is 5.81. The third kappa shape index (κ3) is 5.64. The number of amides is 3. The lowest BCUT2D eigenvalue weighted by atomic mass is 10.1. The van der Waals surface area contributed by atoms with Crippen molar-refractivity contribution >= 4 is 11.9 Å². The number of ether oxygens (including phenoxy) is 1. The van der Waals surface area contributed by atoms with E-state index in [1.807, 2.05) is 50.8 Å². The highest BCUT2D eigenvalue weighted by Crippen LogP contribution is 2.21. The molecule has 0 radical (unpaired) electrons. The van der Waals surface area contributed by atoms with Crippen LogP contribution >= 0.6 is 0 Å². The molecule has 1 aliphatic heterocycles. The summed E-state index contributed by atoms with van der Waals surface area (Å²) >= 11 is 0. The second-order valence-corrected chi connectivity index (χ2v) is 7.89. The molecule has 0 bridgehead atoms. The van der Waals surface area contributed by atoms with E-state index in [0.717, 1.165) is 23.3 Å². The first-order chi connectivity index (χ1) is 12.2. The molecule has 1 fully saturated rings. The highest BCUT2D eigenvalue weighted by Gasteiger charge is 2.24. The van der Waals surface area contributed by atoms with Crippen LogP contribution in [0.1, 0.15) is 38.3 Å². The van der Waals surface area contributed by atoms with Crippen molar-refractivity contribution in [3.63, 3.8) is 0 Å². The Morgan fingerprint density at radius 1 is 1.12 bits per heavy atom. The fourth-order valence-electron chi connectivity index (χ4n) is 3.09. The van der Waals surface area contributed by atoms with E-state index in [-0.39, 0.29) is 17.5 Å². The monoisotopic (exact) mass is 361 g/mol. The summed E-state index contributed by atoms with van der Waals surface area (Å²) < 4.78 is 5.38. The summed E-state index contributed by atoms with van der Waals surface area (Å²) in [5, 5.41) is 2.99. The van der Waals surface area contributed by atoms with Crippen LogP contribution in [0.3, 0.4) is 0 Å². The Bertz CT molecular complexity index is 652. The summed E-state index contributed by atoms with van der Waals surface area (Å²) in [6.45, 7) is 10.4. The normalized spacial score (nSPS) is 15.4. The lowest BCUT2D eigenvalue weighted by Gasteiger charge is -2.27. The van der Waals surface area contributed by atoms with Gasteiger partial charge in [-0.15, -0.1) is 0 Å². The Hall–Kier alpha value is -2.24. The number of methoxy groups -OCH3 is 1. The van der Waals surface area contributed by atoms with Gasteiger partial charge in [0.1, 0.15) is 5.75 Å². The summed E-state index contributed by atoms with van der Waals surface area (Å²) in [6.07, 6.45) is 1.10. The summed E-state index contributed by atoms with van der Waals surface area (Å²) in [4.78, 5) is 28.8. The zero-order valence-corrected chi connectivity index (χ0v) is 16.6. The molecule has 6 nitrogen and oxygen atoms in total. The largest absolute Gasteiger partial charge is 0.496 e. The summed E-state index contributed by atoms with van der Waals surface area (Å²) in [7, 11) is 1.62. The van der Waals surface area contributed by atoms with Gasteiger partial charge in [0.05, 0.1) is 13.5 Å². The SMILES string of the molecule is COc1ccc(C)cc1CC(=O)N1CCCN(C(=O)NC(C)(C)C)CC1. The van der Waals surface area contributed by atoms with Crippen molar-refractivity contribution < 1.29 is 14.3 Å². The summed E-state index contributed by atoms with van der Waals surface area (Å²) in [5.41, 5.74) is 1.75. The highest BCUT2D eigenvalue weighted by atomic mass is 16.5. The first-order valence-electron chi connectivity index (χ1n) is 9.18. The Morgan fingerprint density at radius 3 is 2.42 bits per heavy atom. The van der Waals surface area contributed by atoms with E-state index in [1.165, 1.54) is 0 Å². The molecule has 0 atom stereocenters. The minimum Gasteiger partial charge on any atom is -0.496 e. The van der Waals surface area contributed by atoms with Gasteiger partial charge in [-0.3, -0.25) is 4.79 Å². The topological polar surface area (TPSA) is 61.9 Å². The second kappa shape index (κ2) is 8.43. The van der Waals surface area contributed by atoms with E-state index in [9.17, 15) is 9.59 Å². The first-order valence-corrected chi connectivity index (χ1v) is 9.18. The predicted molar refractivity (Wildman–Crippen MR) is 102 cm³/mol. The van der Waals surface area contributed by atoms with Crippen LogP contribution in [0.5, 0.6) is 5.75 Å². The van der Waals surface area contributed by atoms with Crippen molar-refractivity contribution in [2.24, 2.45) is 0 Å². The van der Waals surface area contributed by atoms with Gasteiger partial charge in [0.25, 0.3) is 0 Å². The molecule has 1 saturated heterocycles. The van der Waals surface area contributed by atoms with Crippen LogP contribution < -0.4 is 10.1 Å². The standard InChI is InChI=1S/C20H31N3O3/c1-15-7-8-17(26-5)16(13-15)14-18(24)22-9-6-10-23(12-11-22)19(25)21-20(2,3)4/h7-8,13H,6,9-12,14H2,1-5H3,(H,21,25). The maximum atomic E-state index is 12.8. The molecule has 3 amide bonds. The number of nitrogens with one attached hydrogen (secondary N) is 1. The molecule has 0 spiro atoms. The van der Waals surface area contributed by atoms with Gasteiger partial charge in [-0.05, 0) is 40.2 Å². The van der Waals surface area contributed by atoms with Gasteiger partial charge in [-0.25, -0.2) is 4.79 Å². The van der Waals surface area contributed by atoms with Gasteiger partial charge in [0.2, 0.25) is 5.91 Å². The van der Waals surface area contributed by atoms with E-state index in [2.05, 4.69) is 5.32 Å². The molecular formula is C20H31N3O3. The molecule has 1 aromatic rings. The maximum Gasteiger partial charge on any atom is 0.317 e. The molecule has 1 aliphatic rings. The molecule has 1 aromatic carbocycles. The van der Waals surface area contributed by atoms with E-state index < -0.39 is 0 Å². The van der Waals surface area contributed by atoms with Crippen LogP contribution in [0.4, 0.5) is 4.79 Å². The van der Waals surface area contributed by atoms with Crippen molar-refractivity contribution in [2.45, 2.75) is 46.1 Å². The number of aryl methyl sites for hydroxylation is 1. The maximum absolute atomic E-state index is 12.8. The zero-order valence-electron chi connectivity index (χ0n) is 16.6. The van der Waals surface area contributed by atoms with Crippen LogP contribution in [-0.4, -0.2) is 60.6 Å². The molecule has 2 rings (SSSR count). The fourth-order valence-corrected chi connectivity index (χ4v) is 3.09. The number of urea groups is 1. The fraction of sp³-hybridized carbons (Fsp3) is 0.600. The average molecular weight is 361 g/mol. The van der Waals surface area contributed by atoms with Crippen molar-refractivity contribution in [3.8, 4) is 5.75 Å². The third-order valence-corrected chi connectivity index (χ3v) is 4.40. The van der Waals surface area contributed by atoms with Gasteiger partial charge in [0, 0.05) is 37.3 Å². The minimum atomic E-state index is -0.263. The molecular weight excluding hydrogens is 330 g/mol. The number of nitrogens with zero attached hydrogens (tertiary/aromatic N) is 2. The van der Waals surface area contributed by atoms with Crippen molar-refractivity contribution in [1.29, 1.82) is 0 Å². The van der Waals surface area contributed by atoms with Crippen LogP contribution in [0.2, 0.25) is 0 Å². The molecule has 0 saturated carbocycles. The number of carbonyl (C=O) groups is 2. The van der Waals surface area contributed by atoms with E-state index in [4.69, 9.17) is 4.74 Å². The van der Waals surface area contributed by atoms with Crippen LogP contribution in [-0.2, 0) is 11.2 Å². The second-order valence-electron chi connectivity index (χ2n) is 7.89. The van der Waals surface area contributed by atoms with Crippen molar-refractivity contribution in [3.05, 3.63) is 29.3 Å². The highest BCUT2D eigenvalue weighted by molar-refractivity contribution is 5.80. The van der Waals surface area contributed by atoms with Crippen LogP contribution in [0.15, 0.2) is 18.2 Å². The molecule has 0 aliphatic carbocycles. The lowest BCUT2D eigenvalue weighted by Crippen LogP contribution is -2.49. The molecule has 1 heterocycles. The van der Waals surface area contributed by atoms with Gasteiger partial charge >= 0.3 is 6.03 Å². The van der Waals surface area contributed by atoms with Crippen molar-refractivity contribution in [2.75, 3.05) is 33.3 Å². The van der Waals surface area contributed by atoms with Gasteiger partial charge in [-0.2, -0.15) is 0 Å². The molecule has 26 heavy (non-hydrogen) atoms. The lowest BCUT2D eigenvalue weighted by molar-refractivity contribution is -0.130. The number of carbonyl (C=O) groups excluding carboxylic acids is 2. The van der Waals surface area contributed by atoms with Crippen LogP contribution in [0.25, 0.3) is 0 Å². The van der Waals surface area contributed by atoms with Gasteiger partial charge in [-0.1, -0.05) is 17.7 Å². The minimum absolute atomic E-state index is 0.0628. The van der Waals surface area contributed by atoms with Gasteiger partial charge in [0.15, 0.2) is 0 Å². The third-order valence-electron chi connectivity index (χ3n) is 4.40. The number of hydrogen-bond donors (Lipinski definition) is 1. The van der Waals surface area contributed by atoms with Crippen LogP contribution in [0, 0.1) is 6.92 Å². The number of hydrogen-bond acceptors (Lipinski definition) is 3. The Balaban J connectivity index is 1.97. The quantitative estimate of drug-likeness (QED) is 0.900. The number of benzene rings is 1. The molecule has 1 N–H and O–H groups in total. The number of rotatable bonds is 3. The smallest absolute Gasteiger partial charge is 0.317 e. The summed E-state index contributed by atoms with van der Waals surface area (Å²) in [5.74, 6) is 0.817. The predicted octanol–water partition coefficient (Wildman–Crippen LogP) is 2.59. The van der Waals surface area contributed by atoms with E-state index in [1.54, 1.807) is 12.0 Å². The van der Waals surface area contributed by atoms with Gasteiger partial charge < -0.3 is 19.9 Å². The molecule has 144 valence electrons. The van der Waals surface area contributed by atoms with E-state index >= 15 is 0 Å². The Kier molecular flexibility index (Phi) is 6.51. The average Bonchev–Trinajstić information content (AvgIpc) is 2.79.